The lowest BCUT2D eigenvalue weighted by atomic mass is 10.1. The van der Waals surface area contributed by atoms with Gasteiger partial charge in [-0.2, -0.15) is 0 Å². The zero-order valence-corrected chi connectivity index (χ0v) is 35.0. The summed E-state index contributed by atoms with van der Waals surface area (Å²) in [6, 6.07) is -0.617. The van der Waals surface area contributed by atoms with E-state index < -0.39 is 18.1 Å². The topological polar surface area (TPSA) is 99.1 Å². The van der Waals surface area contributed by atoms with Crippen LogP contribution in [0, 0.1) is 0 Å². The van der Waals surface area contributed by atoms with Crippen molar-refractivity contribution < 1.29 is 38.2 Å². The second-order valence-electron chi connectivity index (χ2n) is 15.6. The highest BCUT2D eigenvalue weighted by molar-refractivity contribution is 5.72. The minimum Gasteiger partial charge on any atom is -0.477 e. The van der Waals surface area contributed by atoms with Gasteiger partial charge in [-0.15, -0.1) is 0 Å². The average Bonchev–Trinajstić information content (AvgIpc) is 3.11. The number of unbranched alkanes of at least 4 members (excludes halogenated alkanes) is 19. The molecule has 0 spiro atoms. The van der Waals surface area contributed by atoms with Crippen LogP contribution in [0.4, 0.5) is 0 Å². The molecule has 0 aromatic rings. The molecule has 308 valence electrons. The molecule has 0 aliphatic carbocycles. The van der Waals surface area contributed by atoms with Crippen LogP contribution in [-0.2, 0) is 28.6 Å². The lowest BCUT2D eigenvalue weighted by Gasteiger charge is -2.31. The normalized spacial score (nSPS) is 13.3. The molecule has 0 saturated carbocycles. The number of nitrogens with zero attached hydrogens (tertiary/aromatic N) is 1. The summed E-state index contributed by atoms with van der Waals surface area (Å²) in [5.74, 6) is -1.50. The van der Waals surface area contributed by atoms with E-state index in [0.29, 0.717) is 19.3 Å². The zero-order valence-electron chi connectivity index (χ0n) is 35.0. The minimum absolute atomic E-state index is 0.0533. The van der Waals surface area contributed by atoms with E-state index in [9.17, 15) is 19.5 Å². The van der Waals surface area contributed by atoms with Crippen LogP contribution in [0.15, 0.2) is 36.5 Å². The largest absolute Gasteiger partial charge is 0.477 e. The smallest absolute Gasteiger partial charge is 0.362 e. The summed E-state index contributed by atoms with van der Waals surface area (Å²) in [6.45, 7) is 4.66. The van der Waals surface area contributed by atoms with Gasteiger partial charge in [-0.05, 0) is 57.8 Å². The van der Waals surface area contributed by atoms with E-state index in [1.807, 2.05) is 21.1 Å². The van der Waals surface area contributed by atoms with Crippen LogP contribution in [0.5, 0.6) is 0 Å². The average molecular weight is 749 g/mol. The maximum Gasteiger partial charge on any atom is 0.362 e. The number of allylic oxidation sites excluding steroid dienone is 6. The fraction of sp³-hybridized carbons (Fsp3) is 0.800. The van der Waals surface area contributed by atoms with Crippen molar-refractivity contribution in [3.8, 4) is 0 Å². The number of rotatable bonds is 38. The Morgan fingerprint density at radius 3 is 1.53 bits per heavy atom. The molecule has 0 amide bonds. The molecule has 0 heterocycles. The summed E-state index contributed by atoms with van der Waals surface area (Å²) >= 11 is 0. The Balaban J connectivity index is 4.35. The van der Waals surface area contributed by atoms with Crippen molar-refractivity contribution >= 4 is 17.9 Å². The van der Waals surface area contributed by atoms with Gasteiger partial charge < -0.3 is 23.8 Å². The van der Waals surface area contributed by atoms with Crippen molar-refractivity contribution in [1.29, 1.82) is 0 Å². The van der Waals surface area contributed by atoms with Crippen LogP contribution in [-0.4, -0.2) is 80.6 Å². The Morgan fingerprint density at radius 1 is 0.566 bits per heavy atom. The summed E-state index contributed by atoms with van der Waals surface area (Å²) in [7, 11) is 5.51. The summed E-state index contributed by atoms with van der Waals surface area (Å²) in [4.78, 5) is 36.9. The second kappa shape index (κ2) is 36.5. The summed E-state index contributed by atoms with van der Waals surface area (Å²) < 4.78 is 17.2. The number of esters is 2. The van der Waals surface area contributed by atoms with Crippen LogP contribution >= 0.6 is 0 Å². The quantitative estimate of drug-likeness (QED) is 0.0221. The molecular weight excluding hydrogens is 666 g/mol. The lowest BCUT2D eigenvalue weighted by molar-refractivity contribution is -0.887. The number of aliphatic carboxylic acids is 1. The Labute approximate surface area is 325 Å². The molecule has 1 N–H and O–H groups in total. The molecule has 0 fully saturated rings. The lowest BCUT2D eigenvalue weighted by Crippen LogP contribution is -2.50. The molecule has 0 saturated heterocycles. The van der Waals surface area contributed by atoms with Crippen molar-refractivity contribution in [2.75, 3.05) is 41.0 Å². The van der Waals surface area contributed by atoms with Crippen molar-refractivity contribution in [2.45, 2.75) is 193 Å². The second-order valence-corrected chi connectivity index (χ2v) is 15.6. The number of ether oxygens (including phenoxy) is 3. The van der Waals surface area contributed by atoms with Gasteiger partial charge in [0.2, 0.25) is 0 Å². The maximum atomic E-state index is 12.7. The van der Waals surface area contributed by atoms with E-state index in [0.717, 1.165) is 70.6 Å². The van der Waals surface area contributed by atoms with Crippen LogP contribution in [0.25, 0.3) is 0 Å². The van der Waals surface area contributed by atoms with Crippen LogP contribution in [0.3, 0.4) is 0 Å². The molecule has 0 bridgehead atoms. The van der Waals surface area contributed by atoms with Crippen LogP contribution < -0.4 is 0 Å². The maximum absolute atomic E-state index is 12.7. The Kier molecular flexibility index (Phi) is 34.8. The van der Waals surface area contributed by atoms with Gasteiger partial charge in [-0.3, -0.25) is 9.59 Å². The molecular formula is C45H82NO7+. The third-order valence-electron chi connectivity index (χ3n) is 9.54. The van der Waals surface area contributed by atoms with E-state index >= 15 is 0 Å². The van der Waals surface area contributed by atoms with Crippen molar-refractivity contribution in [3.63, 3.8) is 0 Å². The molecule has 8 heteroatoms. The Morgan fingerprint density at radius 2 is 1.02 bits per heavy atom. The highest BCUT2D eigenvalue weighted by Crippen LogP contribution is 2.13. The van der Waals surface area contributed by atoms with E-state index in [-0.39, 0.29) is 36.2 Å². The minimum atomic E-state index is -0.879. The molecule has 0 radical (unpaired) electrons. The third-order valence-corrected chi connectivity index (χ3v) is 9.54. The van der Waals surface area contributed by atoms with Gasteiger partial charge in [0.25, 0.3) is 0 Å². The number of hydrogen-bond donors (Lipinski definition) is 1. The van der Waals surface area contributed by atoms with Gasteiger partial charge in [0.05, 0.1) is 34.4 Å². The van der Waals surface area contributed by atoms with E-state index in [1.54, 1.807) is 0 Å². The monoisotopic (exact) mass is 749 g/mol. The van der Waals surface area contributed by atoms with Crippen molar-refractivity contribution in [1.82, 2.24) is 0 Å². The summed E-state index contributed by atoms with van der Waals surface area (Å²) in [6.07, 6.45) is 40.4. The third kappa shape index (κ3) is 35.0. The number of hydrogen-bond acceptors (Lipinski definition) is 6. The molecule has 0 aliphatic rings. The summed E-state index contributed by atoms with van der Waals surface area (Å²) in [5, 5.41) is 9.60. The van der Waals surface area contributed by atoms with Gasteiger partial charge >= 0.3 is 17.9 Å². The van der Waals surface area contributed by atoms with Crippen LogP contribution in [0.1, 0.15) is 181 Å². The van der Waals surface area contributed by atoms with Gasteiger partial charge in [0.15, 0.2) is 12.1 Å². The standard InChI is InChI=1S/C45H81NO7/c1-6-8-10-12-14-16-18-19-20-21-22-23-24-26-27-29-31-33-35-43(47)52-40-41(39-51-38-37-42(45(49)50)46(3,4)5)53-44(48)36-34-32-30-28-25-17-15-13-11-9-7-2/h13,15,20-23,41-42H,6-12,14,16-19,24-40H2,1-5H3/p+1/b15-13+,21-20+,23-22+. The first kappa shape index (κ1) is 50.5. The molecule has 8 nitrogen and oxygen atoms in total. The Bertz CT molecular complexity index is 968. The molecule has 2 unspecified atom stereocenters. The first-order valence-corrected chi connectivity index (χ1v) is 21.5. The zero-order chi connectivity index (χ0) is 39.3. The predicted molar refractivity (Wildman–Crippen MR) is 220 cm³/mol. The molecule has 53 heavy (non-hydrogen) atoms. The van der Waals surface area contributed by atoms with Gasteiger partial charge in [-0.1, -0.05) is 140 Å². The summed E-state index contributed by atoms with van der Waals surface area (Å²) in [5.41, 5.74) is 0. The van der Waals surface area contributed by atoms with Gasteiger partial charge in [0, 0.05) is 19.3 Å². The predicted octanol–water partition coefficient (Wildman–Crippen LogP) is 11.5. The fourth-order valence-electron chi connectivity index (χ4n) is 6.12. The first-order valence-electron chi connectivity index (χ1n) is 21.5. The molecule has 0 aromatic carbocycles. The van der Waals surface area contributed by atoms with E-state index in [4.69, 9.17) is 14.2 Å². The van der Waals surface area contributed by atoms with Crippen molar-refractivity contribution in [3.05, 3.63) is 36.5 Å². The van der Waals surface area contributed by atoms with Crippen molar-refractivity contribution in [2.24, 2.45) is 0 Å². The highest BCUT2D eigenvalue weighted by atomic mass is 16.6. The highest BCUT2D eigenvalue weighted by Gasteiger charge is 2.31. The number of carboxylic acid groups (broad SMARTS) is 1. The van der Waals surface area contributed by atoms with Crippen LogP contribution in [0.2, 0.25) is 0 Å². The first-order chi connectivity index (χ1) is 25.6. The van der Waals surface area contributed by atoms with Gasteiger partial charge in [-0.25, -0.2) is 4.79 Å². The fourth-order valence-corrected chi connectivity index (χ4v) is 6.12. The Hall–Kier alpha value is -2.45. The molecule has 0 aliphatic heterocycles. The number of quaternary nitrogens is 1. The molecule has 2 atom stereocenters. The SMILES string of the molecule is CCCC/C=C/CCCCCCCC(=O)OC(COCCC(C(=O)O)[N+](C)(C)C)COC(=O)CCCCCCC/C=C/C=C/CCCCCCCCC. The number of carbonyl (C=O) groups excluding carboxylic acids is 2. The number of carboxylic acids is 1. The van der Waals surface area contributed by atoms with E-state index in [2.05, 4.69) is 50.3 Å². The number of likely N-dealkylation sites (N-methyl/N-ethyl adjacent to an activating group) is 1. The molecule has 0 aromatic heterocycles. The van der Waals surface area contributed by atoms with Gasteiger partial charge in [0.1, 0.15) is 6.61 Å². The number of carbonyl (C=O) groups is 3. The van der Waals surface area contributed by atoms with E-state index in [1.165, 1.54) is 77.0 Å². The molecule has 0 rings (SSSR count).